The van der Waals surface area contributed by atoms with Gasteiger partial charge >= 0.3 is 0 Å². The maximum Gasteiger partial charge on any atom is 0.211 e. The van der Waals surface area contributed by atoms with Crippen molar-refractivity contribution in [3.8, 4) is 0 Å². The van der Waals surface area contributed by atoms with Gasteiger partial charge in [-0.25, -0.2) is 13.1 Å². The van der Waals surface area contributed by atoms with Gasteiger partial charge in [-0.05, 0) is 25.0 Å². The predicted molar refractivity (Wildman–Crippen MR) is 114 cm³/mol. The molecule has 0 saturated carbocycles. The summed E-state index contributed by atoms with van der Waals surface area (Å²) in [7, 11) is 0.590. The highest BCUT2D eigenvalue weighted by molar-refractivity contribution is 14.0. The molecule has 0 radical (unpaired) electrons. The number of guanidine groups is 1. The predicted octanol–water partition coefficient (Wildman–Crippen LogP) is 2.40. The molecule has 2 N–H and O–H groups in total. The largest absolute Gasteiger partial charge is 0.356 e. The van der Waals surface area contributed by atoms with E-state index in [4.69, 9.17) is 0 Å². The van der Waals surface area contributed by atoms with E-state index in [0.29, 0.717) is 19.5 Å². The smallest absolute Gasteiger partial charge is 0.211 e. The number of sulfonamides is 1. The fraction of sp³-hybridized carbons (Fsp3) is 0.533. The zero-order chi connectivity index (χ0) is 17.3. The van der Waals surface area contributed by atoms with Crippen LogP contribution in [0.3, 0.4) is 0 Å². The van der Waals surface area contributed by atoms with Gasteiger partial charge in [-0.3, -0.25) is 4.99 Å². The number of hydrogen-bond acceptors (Lipinski definition) is 3. The molecule has 0 aliphatic rings. The van der Waals surface area contributed by atoms with Gasteiger partial charge in [-0.15, -0.1) is 24.0 Å². The highest BCUT2D eigenvalue weighted by Crippen LogP contribution is 2.17. The number of aliphatic imine (C=N–C) groups is 1. The van der Waals surface area contributed by atoms with E-state index >= 15 is 0 Å². The van der Waals surface area contributed by atoms with Crippen molar-refractivity contribution < 1.29 is 8.42 Å². The minimum atomic E-state index is -3.11. The quantitative estimate of drug-likeness (QED) is 0.233. The molecule has 0 amide bonds. The van der Waals surface area contributed by atoms with E-state index in [1.54, 1.807) is 14.0 Å². The highest BCUT2D eigenvalue weighted by atomic mass is 127. The Balaban J connectivity index is 0.00000529. The molecule has 1 aromatic rings. The van der Waals surface area contributed by atoms with Crippen LogP contribution >= 0.6 is 39.9 Å². The molecule has 0 aliphatic heterocycles. The zero-order valence-electron chi connectivity index (χ0n) is 14.3. The third-order valence-electron chi connectivity index (χ3n) is 3.28. The second-order valence-corrected chi connectivity index (χ2v) is 8.02. The molecule has 6 nitrogen and oxygen atoms in total. The van der Waals surface area contributed by atoms with E-state index in [0.717, 1.165) is 17.0 Å². The van der Waals surface area contributed by atoms with E-state index in [2.05, 4.69) is 37.0 Å². The Kier molecular flexibility index (Phi) is 11.8. The fourth-order valence-corrected chi connectivity index (χ4v) is 3.03. The van der Waals surface area contributed by atoms with Crippen LogP contribution < -0.4 is 10.0 Å². The zero-order valence-corrected chi connectivity index (χ0v) is 19.0. The number of nitrogens with zero attached hydrogens (tertiary/aromatic N) is 2. The normalized spacial score (nSPS) is 11.8. The molecule has 0 saturated heterocycles. The molecule has 138 valence electrons. The Hall–Kier alpha value is -0.390. The lowest BCUT2D eigenvalue weighted by atomic mass is 10.2. The van der Waals surface area contributed by atoms with Crippen LogP contribution in [0.2, 0.25) is 0 Å². The Morgan fingerprint density at radius 2 is 1.96 bits per heavy atom. The van der Waals surface area contributed by atoms with Crippen LogP contribution in [-0.2, 0) is 16.6 Å². The second-order valence-electron chi connectivity index (χ2n) is 5.07. The van der Waals surface area contributed by atoms with Gasteiger partial charge < -0.3 is 10.2 Å². The van der Waals surface area contributed by atoms with Crippen LogP contribution in [0.1, 0.15) is 18.9 Å². The van der Waals surface area contributed by atoms with Gasteiger partial charge in [0.1, 0.15) is 0 Å². The van der Waals surface area contributed by atoms with Gasteiger partial charge in [-0.1, -0.05) is 34.1 Å². The lowest BCUT2D eigenvalue weighted by molar-refractivity contribution is 0.474. The standard InChI is InChI=1S/C15H25BrN4O2S.HI/c1-4-23(21,22)19-11-7-10-18-15(17-2)20(3)12-13-8-5-6-9-14(13)16;/h5-6,8-9,19H,4,7,10-12H2,1-3H3,(H,17,18);1H. The Morgan fingerprint density at radius 1 is 1.29 bits per heavy atom. The summed E-state index contributed by atoms with van der Waals surface area (Å²) in [5.41, 5.74) is 1.17. The van der Waals surface area contributed by atoms with Crippen molar-refractivity contribution in [2.75, 3.05) is 32.9 Å². The van der Waals surface area contributed by atoms with Crippen molar-refractivity contribution in [1.82, 2.24) is 14.9 Å². The molecular formula is C15H26BrIN4O2S. The highest BCUT2D eigenvalue weighted by Gasteiger charge is 2.09. The molecule has 0 unspecified atom stereocenters. The van der Waals surface area contributed by atoms with Gasteiger partial charge in [-0.2, -0.15) is 0 Å². The number of halogens is 2. The van der Waals surface area contributed by atoms with Gasteiger partial charge in [0.05, 0.1) is 5.75 Å². The van der Waals surface area contributed by atoms with Crippen molar-refractivity contribution in [2.24, 2.45) is 4.99 Å². The van der Waals surface area contributed by atoms with Crippen LogP contribution in [0.5, 0.6) is 0 Å². The second kappa shape index (κ2) is 12.0. The van der Waals surface area contributed by atoms with Gasteiger partial charge in [0.25, 0.3) is 0 Å². The SMILES string of the molecule is CCS(=O)(=O)NCCCNC(=NC)N(C)Cc1ccccc1Br.I. The molecule has 0 aliphatic carbocycles. The molecule has 24 heavy (non-hydrogen) atoms. The van der Waals surface area contributed by atoms with Crippen molar-refractivity contribution >= 4 is 55.9 Å². The van der Waals surface area contributed by atoms with Crippen molar-refractivity contribution in [3.05, 3.63) is 34.3 Å². The summed E-state index contributed by atoms with van der Waals surface area (Å²) in [6, 6.07) is 8.06. The topological polar surface area (TPSA) is 73.8 Å². The number of hydrogen-bond donors (Lipinski definition) is 2. The average molecular weight is 533 g/mol. The summed E-state index contributed by atoms with van der Waals surface area (Å²) in [4.78, 5) is 6.28. The summed E-state index contributed by atoms with van der Waals surface area (Å²) in [6.45, 7) is 3.43. The third kappa shape index (κ3) is 8.63. The number of rotatable bonds is 8. The summed E-state index contributed by atoms with van der Waals surface area (Å²) < 4.78 is 26.3. The Labute approximate surface area is 170 Å². The molecule has 0 spiro atoms. The van der Waals surface area contributed by atoms with Gasteiger partial charge in [0, 0.05) is 38.2 Å². The van der Waals surface area contributed by atoms with Crippen LogP contribution in [0.15, 0.2) is 33.7 Å². The van der Waals surface area contributed by atoms with Crippen molar-refractivity contribution in [1.29, 1.82) is 0 Å². The van der Waals surface area contributed by atoms with E-state index < -0.39 is 10.0 Å². The Bertz CT molecular complexity index is 626. The maximum absolute atomic E-state index is 11.3. The summed E-state index contributed by atoms with van der Waals surface area (Å²) in [5, 5.41) is 3.24. The molecule has 0 aromatic heterocycles. The first-order chi connectivity index (χ1) is 10.9. The van der Waals surface area contributed by atoms with Crippen LogP contribution in [0.25, 0.3) is 0 Å². The number of benzene rings is 1. The molecule has 0 atom stereocenters. The van der Waals surface area contributed by atoms with Crippen LogP contribution in [0.4, 0.5) is 0 Å². The first kappa shape index (κ1) is 23.6. The van der Waals surface area contributed by atoms with Gasteiger partial charge in [0.2, 0.25) is 10.0 Å². The fourth-order valence-electron chi connectivity index (χ4n) is 1.96. The van der Waals surface area contributed by atoms with Crippen molar-refractivity contribution in [2.45, 2.75) is 19.9 Å². The monoisotopic (exact) mass is 532 g/mol. The van der Waals surface area contributed by atoms with Gasteiger partial charge in [0.15, 0.2) is 5.96 Å². The van der Waals surface area contributed by atoms with Crippen molar-refractivity contribution in [3.63, 3.8) is 0 Å². The molecule has 1 aromatic carbocycles. The first-order valence-electron chi connectivity index (χ1n) is 7.52. The molecule has 0 heterocycles. The lowest BCUT2D eigenvalue weighted by Crippen LogP contribution is -2.39. The number of nitrogens with one attached hydrogen (secondary N) is 2. The summed E-state index contributed by atoms with van der Waals surface area (Å²) in [6.07, 6.45) is 0.696. The molecule has 9 heteroatoms. The summed E-state index contributed by atoms with van der Waals surface area (Å²) in [5.74, 6) is 0.885. The lowest BCUT2D eigenvalue weighted by Gasteiger charge is -2.22. The van der Waals surface area contributed by atoms with E-state index in [1.165, 1.54) is 5.56 Å². The van der Waals surface area contributed by atoms with E-state index in [9.17, 15) is 8.42 Å². The first-order valence-corrected chi connectivity index (χ1v) is 9.96. The van der Waals surface area contributed by atoms with Crippen LogP contribution in [0, 0.1) is 0 Å². The molecule has 1 rings (SSSR count). The Morgan fingerprint density at radius 3 is 2.54 bits per heavy atom. The molecule has 0 fully saturated rings. The average Bonchev–Trinajstić information content (AvgIpc) is 2.53. The molecule has 0 bridgehead atoms. The summed E-state index contributed by atoms with van der Waals surface area (Å²) >= 11 is 3.54. The molecular weight excluding hydrogens is 507 g/mol. The minimum absolute atomic E-state index is 0. The maximum atomic E-state index is 11.3. The minimum Gasteiger partial charge on any atom is -0.356 e. The third-order valence-corrected chi connectivity index (χ3v) is 5.46. The van der Waals surface area contributed by atoms with E-state index in [-0.39, 0.29) is 29.7 Å². The van der Waals surface area contributed by atoms with Crippen LogP contribution in [-0.4, -0.2) is 52.2 Å². The van der Waals surface area contributed by atoms with E-state index in [1.807, 2.05) is 30.1 Å².